The smallest absolute Gasteiger partial charge is 0.0271 e. The average Bonchev–Trinajstić information content (AvgIpc) is 2.16. The van der Waals surface area contributed by atoms with Crippen LogP contribution in [0.5, 0.6) is 0 Å². The first-order valence-electron chi connectivity index (χ1n) is 5.39. The summed E-state index contributed by atoms with van der Waals surface area (Å²) < 4.78 is 0. The first-order valence-corrected chi connectivity index (χ1v) is 5.39. The maximum absolute atomic E-state index is 11.4. The van der Waals surface area contributed by atoms with E-state index in [9.17, 15) is 5.21 Å². The Morgan fingerprint density at radius 2 is 2.07 bits per heavy atom. The molecule has 1 aliphatic rings. The molecule has 0 heterocycles. The van der Waals surface area contributed by atoms with Gasteiger partial charge in [-0.2, -0.15) is 5.90 Å². The second kappa shape index (κ2) is 5.07. The minimum absolute atomic E-state index is 0.0660. The lowest BCUT2D eigenvalue weighted by Crippen LogP contribution is -2.44. The summed E-state index contributed by atoms with van der Waals surface area (Å²) >= 11 is 0. The Labute approximate surface area is 85.9 Å². The van der Waals surface area contributed by atoms with Crippen molar-refractivity contribution in [3.05, 3.63) is 5.21 Å². The standard InChI is InChI=1S/C10H21N2O2/c1-7(2)9-5-4-8(3)6-10(9)12(13)14-11/h7-10H,4-6,11H2,1-3H3/q-1/t8-,9+,10-/m1/s1. The van der Waals surface area contributed by atoms with E-state index >= 15 is 0 Å². The Balaban J connectivity index is 2.63. The maximum atomic E-state index is 11.4. The molecule has 0 aromatic carbocycles. The van der Waals surface area contributed by atoms with Gasteiger partial charge in [-0.15, -0.1) is 0 Å². The summed E-state index contributed by atoms with van der Waals surface area (Å²) in [4.78, 5) is 4.30. The van der Waals surface area contributed by atoms with Crippen molar-refractivity contribution in [1.82, 2.24) is 5.23 Å². The second-order valence-electron chi connectivity index (χ2n) is 4.78. The monoisotopic (exact) mass is 201 g/mol. The Kier molecular flexibility index (Phi) is 4.31. The molecule has 4 heteroatoms. The number of nitrogens with zero attached hydrogens (tertiary/aromatic N) is 1. The van der Waals surface area contributed by atoms with E-state index in [0.29, 0.717) is 23.0 Å². The molecule has 1 aliphatic carbocycles. The first-order chi connectivity index (χ1) is 6.56. The van der Waals surface area contributed by atoms with E-state index in [4.69, 9.17) is 5.90 Å². The molecule has 0 unspecified atom stereocenters. The van der Waals surface area contributed by atoms with E-state index in [0.717, 1.165) is 12.8 Å². The molecule has 14 heavy (non-hydrogen) atoms. The van der Waals surface area contributed by atoms with Gasteiger partial charge in [0.05, 0.1) is 0 Å². The summed E-state index contributed by atoms with van der Waals surface area (Å²) in [6.45, 7) is 6.48. The van der Waals surface area contributed by atoms with E-state index in [1.165, 1.54) is 6.42 Å². The van der Waals surface area contributed by atoms with Gasteiger partial charge in [-0.3, -0.25) is 0 Å². The molecular formula is C10H21N2O2-. The van der Waals surface area contributed by atoms with Crippen molar-refractivity contribution in [1.29, 1.82) is 0 Å². The topological polar surface area (TPSA) is 61.5 Å². The van der Waals surface area contributed by atoms with Crippen molar-refractivity contribution in [3.63, 3.8) is 0 Å². The molecule has 1 saturated carbocycles. The SMILES string of the molecule is CC(C)[C@@H]1CC[C@@H](C)C[C@H]1N([O-])ON. The zero-order chi connectivity index (χ0) is 10.7. The molecule has 0 bridgehead atoms. The minimum Gasteiger partial charge on any atom is -0.760 e. The van der Waals surface area contributed by atoms with Crippen molar-refractivity contribution < 1.29 is 4.94 Å². The number of hydroxylamine groups is 2. The van der Waals surface area contributed by atoms with Gasteiger partial charge in [-0.05, 0) is 30.6 Å². The van der Waals surface area contributed by atoms with Crippen LogP contribution >= 0.6 is 0 Å². The highest BCUT2D eigenvalue weighted by Gasteiger charge is 2.31. The Morgan fingerprint density at radius 3 is 2.57 bits per heavy atom. The van der Waals surface area contributed by atoms with Crippen molar-refractivity contribution in [2.45, 2.75) is 46.1 Å². The minimum atomic E-state index is -0.0660. The molecule has 0 aromatic rings. The van der Waals surface area contributed by atoms with Crippen LogP contribution in [-0.2, 0) is 4.94 Å². The summed E-state index contributed by atoms with van der Waals surface area (Å²) in [7, 11) is 0. The molecule has 0 amide bonds. The van der Waals surface area contributed by atoms with Crippen LogP contribution in [0.1, 0.15) is 40.0 Å². The molecule has 0 aliphatic heterocycles. The Morgan fingerprint density at radius 1 is 1.43 bits per heavy atom. The van der Waals surface area contributed by atoms with Crippen LogP contribution in [0, 0.1) is 23.0 Å². The number of nitrogens with two attached hydrogens (primary N) is 1. The molecule has 0 aromatic heterocycles. The molecular weight excluding hydrogens is 180 g/mol. The molecule has 1 fully saturated rings. The van der Waals surface area contributed by atoms with Crippen LogP contribution in [-0.4, -0.2) is 11.3 Å². The molecule has 0 saturated heterocycles. The van der Waals surface area contributed by atoms with E-state index < -0.39 is 0 Å². The van der Waals surface area contributed by atoms with Gasteiger partial charge in [0, 0.05) is 6.04 Å². The van der Waals surface area contributed by atoms with Gasteiger partial charge in [-0.1, -0.05) is 27.2 Å². The predicted molar refractivity (Wildman–Crippen MR) is 55.6 cm³/mol. The zero-order valence-corrected chi connectivity index (χ0v) is 9.27. The molecule has 0 radical (unpaired) electrons. The second-order valence-corrected chi connectivity index (χ2v) is 4.78. The van der Waals surface area contributed by atoms with Crippen LogP contribution in [0.15, 0.2) is 0 Å². The van der Waals surface area contributed by atoms with Gasteiger partial charge >= 0.3 is 0 Å². The lowest BCUT2D eigenvalue weighted by atomic mass is 9.74. The largest absolute Gasteiger partial charge is 0.760 e. The van der Waals surface area contributed by atoms with Crippen LogP contribution < -0.4 is 5.90 Å². The molecule has 0 spiro atoms. The van der Waals surface area contributed by atoms with Gasteiger partial charge in [0.1, 0.15) is 0 Å². The third-order valence-electron chi connectivity index (χ3n) is 3.36. The normalized spacial score (nSPS) is 34.1. The van der Waals surface area contributed by atoms with Crippen LogP contribution in [0.2, 0.25) is 0 Å². The first kappa shape index (κ1) is 11.9. The summed E-state index contributed by atoms with van der Waals surface area (Å²) in [6, 6.07) is -0.0660. The molecule has 3 atom stereocenters. The molecule has 4 nitrogen and oxygen atoms in total. The lowest BCUT2D eigenvalue weighted by Gasteiger charge is -2.44. The molecule has 2 N–H and O–H groups in total. The van der Waals surface area contributed by atoms with Crippen molar-refractivity contribution in [2.75, 3.05) is 0 Å². The number of hydrogen-bond acceptors (Lipinski definition) is 4. The fourth-order valence-corrected chi connectivity index (χ4v) is 2.47. The Hall–Kier alpha value is -0.160. The van der Waals surface area contributed by atoms with E-state index in [1.807, 2.05) is 0 Å². The van der Waals surface area contributed by atoms with Gasteiger partial charge in [0.2, 0.25) is 0 Å². The van der Waals surface area contributed by atoms with Crippen molar-refractivity contribution >= 4 is 0 Å². The third-order valence-corrected chi connectivity index (χ3v) is 3.36. The van der Waals surface area contributed by atoms with Crippen molar-refractivity contribution in [2.24, 2.45) is 23.7 Å². The van der Waals surface area contributed by atoms with E-state index in [2.05, 4.69) is 25.7 Å². The average molecular weight is 201 g/mol. The number of hydrogen-bond donors (Lipinski definition) is 1. The quantitative estimate of drug-likeness (QED) is 0.710. The summed E-state index contributed by atoms with van der Waals surface area (Å²) in [5.41, 5.74) is 0. The summed E-state index contributed by atoms with van der Waals surface area (Å²) in [5, 5.41) is 12.0. The lowest BCUT2D eigenvalue weighted by molar-refractivity contribution is -0.178. The van der Waals surface area contributed by atoms with E-state index in [1.54, 1.807) is 0 Å². The predicted octanol–water partition coefficient (Wildman–Crippen LogP) is 2.05. The van der Waals surface area contributed by atoms with E-state index in [-0.39, 0.29) is 6.04 Å². The molecule has 84 valence electrons. The van der Waals surface area contributed by atoms with Gasteiger partial charge in [0.15, 0.2) is 0 Å². The van der Waals surface area contributed by atoms with Crippen molar-refractivity contribution in [3.8, 4) is 0 Å². The highest BCUT2D eigenvalue weighted by Crippen LogP contribution is 2.35. The highest BCUT2D eigenvalue weighted by molar-refractivity contribution is 4.85. The summed E-state index contributed by atoms with van der Waals surface area (Å²) in [5.74, 6) is 6.45. The fraction of sp³-hybridized carbons (Fsp3) is 1.00. The van der Waals surface area contributed by atoms with Crippen LogP contribution in [0.3, 0.4) is 0 Å². The van der Waals surface area contributed by atoms with Crippen LogP contribution in [0.4, 0.5) is 0 Å². The van der Waals surface area contributed by atoms with Gasteiger partial charge in [0.25, 0.3) is 0 Å². The zero-order valence-electron chi connectivity index (χ0n) is 9.27. The number of rotatable bonds is 3. The molecule has 1 rings (SSSR count). The van der Waals surface area contributed by atoms with Crippen LogP contribution in [0.25, 0.3) is 0 Å². The van der Waals surface area contributed by atoms with Gasteiger partial charge < -0.3 is 5.21 Å². The summed E-state index contributed by atoms with van der Waals surface area (Å²) in [6.07, 6.45) is 3.20. The Bertz CT molecular complexity index is 176. The fourth-order valence-electron chi connectivity index (χ4n) is 2.47. The highest BCUT2D eigenvalue weighted by atomic mass is 16.9. The van der Waals surface area contributed by atoms with Gasteiger partial charge in [-0.25, -0.2) is 10.2 Å². The maximum Gasteiger partial charge on any atom is 0.0271 e. The third kappa shape index (κ3) is 2.67.